The summed E-state index contributed by atoms with van der Waals surface area (Å²) in [4.78, 5) is 14.3. The summed E-state index contributed by atoms with van der Waals surface area (Å²) < 4.78 is 1.02. The molecule has 0 spiro atoms. The van der Waals surface area contributed by atoms with Gasteiger partial charge in [0.1, 0.15) is 0 Å². The molecule has 0 amide bonds. The van der Waals surface area contributed by atoms with Gasteiger partial charge < -0.3 is 4.90 Å². The Kier molecular flexibility index (Phi) is 4.46. The number of nitrogens with zero attached hydrogens (tertiary/aromatic N) is 1. The molecule has 1 heterocycles. The van der Waals surface area contributed by atoms with E-state index in [2.05, 4.69) is 20.8 Å². The Morgan fingerprint density at radius 2 is 2.06 bits per heavy atom. The average Bonchev–Trinajstić information content (AvgIpc) is 2.82. The van der Waals surface area contributed by atoms with E-state index >= 15 is 0 Å². The fourth-order valence-corrected chi connectivity index (χ4v) is 2.70. The number of alkyl halides is 1. The second-order valence-corrected chi connectivity index (χ2v) is 5.51. The Hall–Kier alpha value is -0.540. The van der Waals surface area contributed by atoms with Gasteiger partial charge in [-0.3, -0.25) is 4.79 Å². The van der Waals surface area contributed by atoms with Crippen LogP contribution in [-0.2, 0) is 0 Å². The van der Waals surface area contributed by atoms with Gasteiger partial charge in [0.2, 0.25) is 0 Å². The van der Waals surface area contributed by atoms with Crippen LogP contribution in [0, 0.1) is 0 Å². The van der Waals surface area contributed by atoms with Gasteiger partial charge in [-0.2, -0.15) is 0 Å². The van der Waals surface area contributed by atoms with Crippen LogP contribution in [0.1, 0.15) is 29.6 Å². The molecule has 0 unspecified atom stereocenters. The van der Waals surface area contributed by atoms with Crippen LogP contribution in [0.25, 0.3) is 0 Å². The summed E-state index contributed by atoms with van der Waals surface area (Å²) in [6, 6.07) is 5.85. The monoisotopic (exact) mass is 315 g/mol. The average molecular weight is 317 g/mol. The lowest BCUT2D eigenvalue weighted by Crippen LogP contribution is -2.20. The molecule has 1 aromatic rings. The van der Waals surface area contributed by atoms with Gasteiger partial charge >= 0.3 is 0 Å². The summed E-state index contributed by atoms with van der Waals surface area (Å²) in [5.74, 6) is 0.517. The van der Waals surface area contributed by atoms with Crippen LogP contribution in [0.3, 0.4) is 0 Å². The van der Waals surface area contributed by atoms with Crippen LogP contribution >= 0.6 is 27.5 Å². The van der Waals surface area contributed by atoms with Crippen molar-refractivity contribution >= 4 is 39.0 Å². The van der Waals surface area contributed by atoms with E-state index in [1.165, 1.54) is 12.8 Å². The maximum Gasteiger partial charge on any atom is 0.166 e. The summed E-state index contributed by atoms with van der Waals surface area (Å²) in [7, 11) is 0. The number of halogens is 2. The van der Waals surface area contributed by atoms with Crippen molar-refractivity contribution in [2.24, 2.45) is 0 Å². The first-order valence-electron chi connectivity index (χ1n) is 5.86. The largest absolute Gasteiger partial charge is 0.371 e. The SMILES string of the molecule is O=C(CCCl)c1ccc(Br)cc1N1CCCC1. The molecule has 17 heavy (non-hydrogen) atoms. The molecule has 0 aromatic heterocycles. The first-order valence-corrected chi connectivity index (χ1v) is 7.19. The summed E-state index contributed by atoms with van der Waals surface area (Å²) in [5.41, 5.74) is 1.85. The van der Waals surface area contributed by atoms with Gasteiger partial charge in [0.25, 0.3) is 0 Å². The van der Waals surface area contributed by atoms with Gasteiger partial charge in [-0.05, 0) is 31.0 Å². The first kappa shape index (κ1) is 12.9. The molecule has 0 atom stereocenters. The van der Waals surface area contributed by atoms with Crippen molar-refractivity contribution in [1.29, 1.82) is 0 Å². The molecule has 2 nitrogen and oxygen atoms in total. The van der Waals surface area contributed by atoms with Crippen molar-refractivity contribution in [2.75, 3.05) is 23.9 Å². The number of ketones is 1. The summed E-state index contributed by atoms with van der Waals surface area (Å²) in [6.07, 6.45) is 2.81. The Labute approximate surface area is 115 Å². The third-order valence-electron chi connectivity index (χ3n) is 3.03. The molecule has 0 radical (unpaired) electrons. The van der Waals surface area contributed by atoms with Gasteiger partial charge in [0.05, 0.1) is 0 Å². The van der Waals surface area contributed by atoms with Gasteiger partial charge in [-0.15, -0.1) is 11.6 Å². The Morgan fingerprint density at radius 1 is 1.35 bits per heavy atom. The maximum atomic E-state index is 12.0. The number of carbonyl (C=O) groups excluding carboxylic acids is 1. The van der Waals surface area contributed by atoms with Crippen LogP contribution in [0.5, 0.6) is 0 Å². The van der Waals surface area contributed by atoms with Crippen molar-refractivity contribution in [3.05, 3.63) is 28.2 Å². The Morgan fingerprint density at radius 3 is 2.71 bits per heavy atom. The molecule has 0 N–H and O–H groups in total. The number of anilines is 1. The van der Waals surface area contributed by atoms with Gasteiger partial charge in [0, 0.05) is 41.1 Å². The number of hydrogen-bond donors (Lipinski definition) is 0. The fourth-order valence-electron chi connectivity index (χ4n) is 2.18. The summed E-state index contributed by atoms with van der Waals surface area (Å²) >= 11 is 9.11. The van der Waals surface area contributed by atoms with E-state index in [-0.39, 0.29) is 5.78 Å². The zero-order valence-electron chi connectivity index (χ0n) is 9.59. The maximum absolute atomic E-state index is 12.0. The second kappa shape index (κ2) is 5.87. The molecular weight excluding hydrogens is 302 g/mol. The molecule has 92 valence electrons. The highest BCUT2D eigenvalue weighted by Crippen LogP contribution is 2.29. The molecule has 2 rings (SSSR count). The molecule has 1 aliphatic rings. The van der Waals surface area contributed by atoms with Crippen LogP contribution in [0.2, 0.25) is 0 Å². The minimum Gasteiger partial charge on any atom is -0.371 e. The van der Waals surface area contributed by atoms with Crippen molar-refractivity contribution in [3.8, 4) is 0 Å². The van der Waals surface area contributed by atoms with E-state index < -0.39 is 0 Å². The first-order chi connectivity index (χ1) is 8.22. The minimum absolute atomic E-state index is 0.134. The second-order valence-electron chi connectivity index (χ2n) is 4.22. The van der Waals surface area contributed by atoms with Gasteiger partial charge in [-0.1, -0.05) is 15.9 Å². The van der Waals surface area contributed by atoms with E-state index in [0.717, 1.165) is 28.8 Å². The van der Waals surface area contributed by atoms with E-state index in [1.807, 2.05) is 18.2 Å². The highest BCUT2D eigenvalue weighted by molar-refractivity contribution is 9.10. The van der Waals surface area contributed by atoms with E-state index in [4.69, 9.17) is 11.6 Å². The zero-order chi connectivity index (χ0) is 12.3. The normalized spacial score (nSPS) is 15.3. The topological polar surface area (TPSA) is 20.3 Å². The molecule has 0 aliphatic carbocycles. The van der Waals surface area contributed by atoms with Crippen LogP contribution in [-0.4, -0.2) is 24.8 Å². The van der Waals surface area contributed by atoms with Gasteiger partial charge in [-0.25, -0.2) is 0 Å². The van der Waals surface area contributed by atoms with Crippen molar-refractivity contribution in [2.45, 2.75) is 19.3 Å². The molecular formula is C13H15BrClNO. The van der Waals surface area contributed by atoms with Crippen molar-refractivity contribution in [1.82, 2.24) is 0 Å². The lowest BCUT2D eigenvalue weighted by atomic mass is 10.1. The molecule has 0 bridgehead atoms. The number of rotatable bonds is 4. The summed E-state index contributed by atoms with van der Waals surface area (Å²) in [5, 5.41) is 0. The number of hydrogen-bond acceptors (Lipinski definition) is 2. The predicted molar refractivity (Wildman–Crippen MR) is 75.3 cm³/mol. The smallest absolute Gasteiger partial charge is 0.166 e. The minimum atomic E-state index is 0.134. The molecule has 0 saturated carbocycles. The van der Waals surface area contributed by atoms with Crippen LogP contribution in [0.4, 0.5) is 5.69 Å². The predicted octanol–water partition coefficient (Wildman–Crippen LogP) is 3.86. The Balaban J connectivity index is 2.33. The van der Waals surface area contributed by atoms with Crippen LogP contribution in [0.15, 0.2) is 22.7 Å². The third-order valence-corrected chi connectivity index (χ3v) is 3.71. The molecule has 4 heteroatoms. The standard InChI is InChI=1S/C13H15BrClNO/c14-10-3-4-11(13(17)5-6-15)12(9-10)16-7-1-2-8-16/h3-4,9H,1-2,5-8H2. The van der Waals surface area contributed by atoms with Crippen LogP contribution < -0.4 is 4.90 Å². The highest BCUT2D eigenvalue weighted by atomic mass is 79.9. The molecule has 1 saturated heterocycles. The lowest BCUT2D eigenvalue weighted by Gasteiger charge is -2.21. The highest BCUT2D eigenvalue weighted by Gasteiger charge is 2.19. The van der Waals surface area contributed by atoms with E-state index in [1.54, 1.807) is 0 Å². The van der Waals surface area contributed by atoms with Crippen molar-refractivity contribution in [3.63, 3.8) is 0 Å². The molecule has 1 aliphatic heterocycles. The molecule has 1 fully saturated rings. The van der Waals surface area contributed by atoms with Crippen molar-refractivity contribution < 1.29 is 4.79 Å². The lowest BCUT2D eigenvalue weighted by molar-refractivity contribution is 0.0989. The third kappa shape index (κ3) is 3.02. The Bertz CT molecular complexity index is 416. The number of carbonyl (C=O) groups is 1. The van der Waals surface area contributed by atoms with Gasteiger partial charge in [0.15, 0.2) is 5.78 Å². The fraction of sp³-hybridized carbons (Fsp3) is 0.462. The molecule has 1 aromatic carbocycles. The number of benzene rings is 1. The summed E-state index contributed by atoms with van der Waals surface area (Å²) in [6.45, 7) is 2.08. The zero-order valence-corrected chi connectivity index (χ0v) is 11.9. The number of Topliss-reactive ketones (excluding diaryl/α,β-unsaturated/α-hetero) is 1. The van der Waals surface area contributed by atoms with E-state index in [0.29, 0.717) is 12.3 Å². The van der Waals surface area contributed by atoms with E-state index in [9.17, 15) is 4.79 Å². The quantitative estimate of drug-likeness (QED) is 0.621.